The quantitative estimate of drug-likeness (QED) is 0.425. The van der Waals surface area contributed by atoms with Crippen LogP contribution >= 0.6 is 9.24 Å². The van der Waals surface area contributed by atoms with E-state index >= 15 is 0 Å². The Morgan fingerprint density at radius 1 is 1.50 bits per heavy atom. The van der Waals surface area contributed by atoms with E-state index in [-0.39, 0.29) is 0 Å². The van der Waals surface area contributed by atoms with E-state index in [0.717, 1.165) is 18.2 Å². The Morgan fingerprint density at radius 3 is 2.67 bits per heavy atom. The van der Waals surface area contributed by atoms with Crippen molar-refractivity contribution in [1.82, 2.24) is 0 Å². The summed E-state index contributed by atoms with van der Waals surface area (Å²) in [7, 11) is 2.64. The lowest BCUT2D eigenvalue weighted by molar-refractivity contribution is 0.957. The van der Waals surface area contributed by atoms with E-state index in [9.17, 15) is 0 Å². The smallest absolute Gasteiger partial charge is 0.00235 e. The van der Waals surface area contributed by atoms with Gasteiger partial charge in [0, 0.05) is 5.57 Å². The van der Waals surface area contributed by atoms with Gasteiger partial charge < -0.3 is 0 Å². The Morgan fingerprint density at radius 2 is 2.25 bits per heavy atom. The molecule has 1 unspecified atom stereocenters. The summed E-state index contributed by atoms with van der Waals surface area (Å²) >= 11 is 0. The summed E-state index contributed by atoms with van der Waals surface area (Å²) in [5, 5.41) is 1.09. The summed E-state index contributed by atoms with van der Waals surface area (Å²) in [6, 6.07) is 0. The minimum atomic E-state index is 1.06. The van der Waals surface area contributed by atoms with Crippen molar-refractivity contribution in [3.05, 3.63) is 35.2 Å². The third kappa shape index (κ3) is 2.36. The highest BCUT2D eigenvalue weighted by Crippen LogP contribution is 2.25. The summed E-state index contributed by atoms with van der Waals surface area (Å²) in [5.41, 5.74) is 2.55. The zero-order valence-electron chi connectivity index (χ0n) is 7.35. The van der Waals surface area contributed by atoms with Crippen LogP contribution in [-0.4, -0.2) is 0 Å². The topological polar surface area (TPSA) is 0 Å². The Kier molecular flexibility index (Phi) is 3.32. The van der Waals surface area contributed by atoms with Crippen LogP contribution in [0.1, 0.15) is 19.8 Å². The van der Waals surface area contributed by atoms with Crippen molar-refractivity contribution in [3.63, 3.8) is 0 Å². The van der Waals surface area contributed by atoms with E-state index in [0.29, 0.717) is 0 Å². The predicted octanol–water partition coefficient (Wildman–Crippen LogP) is 3.05. The third-order valence-electron chi connectivity index (χ3n) is 1.85. The summed E-state index contributed by atoms with van der Waals surface area (Å²) in [6.07, 6.45) is 6.33. The molecule has 0 aliphatic heterocycles. The van der Waals surface area contributed by atoms with Crippen LogP contribution in [0.3, 0.4) is 0 Å². The first-order valence-corrected chi connectivity index (χ1v) is 4.59. The van der Waals surface area contributed by atoms with Crippen molar-refractivity contribution in [1.29, 1.82) is 0 Å². The lowest BCUT2D eigenvalue weighted by atomic mass is 9.99. The lowest BCUT2D eigenvalue weighted by Gasteiger charge is -2.10. The van der Waals surface area contributed by atoms with Crippen LogP contribution in [0.5, 0.6) is 0 Å². The van der Waals surface area contributed by atoms with Crippen LogP contribution < -0.4 is 0 Å². The van der Waals surface area contributed by atoms with Crippen molar-refractivity contribution in [2.75, 3.05) is 0 Å². The largest absolute Gasteiger partial charge is 0.106 e. The lowest BCUT2D eigenvalue weighted by Crippen LogP contribution is -1.91. The van der Waals surface area contributed by atoms with Gasteiger partial charge in [-0.15, -0.1) is 15.2 Å². The second-order valence-corrected chi connectivity index (χ2v) is 3.48. The van der Waals surface area contributed by atoms with Gasteiger partial charge >= 0.3 is 0 Å². The standard InChI is InChI=1S/C11H13P/c1-3-4-10-5-7-11(8-6-10)9(2)12/h5,7H,2,6,8,12H2,1H3. The minimum Gasteiger partial charge on any atom is -0.106 e. The van der Waals surface area contributed by atoms with E-state index in [1.54, 1.807) is 0 Å². The van der Waals surface area contributed by atoms with Gasteiger partial charge in [0.05, 0.1) is 0 Å². The number of hydrogen-bond acceptors (Lipinski definition) is 0. The zero-order chi connectivity index (χ0) is 8.97. The van der Waals surface area contributed by atoms with Crippen molar-refractivity contribution < 1.29 is 0 Å². The molecule has 0 aromatic heterocycles. The fraction of sp³-hybridized carbons (Fsp3) is 0.273. The molecule has 62 valence electrons. The number of rotatable bonds is 1. The van der Waals surface area contributed by atoms with Crippen LogP contribution in [-0.2, 0) is 0 Å². The predicted molar refractivity (Wildman–Crippen MR) is 57.7 cm³/mol. The number of allylic oxidation sites excluding steroid dienone is 5. The van der Waals surface area contributed by atoms with Gasteiger partial charge in [0.25, 0.3) is 0 Å². The Labute approximate surface area is 76.6 Å². The van der Waals surface area contributed by atoms with Gasteiger partial charge in [-0.1, -0.05) is 24.7 Å². The van der Waals surface area contributed by atoms with E-state index in [4.69, 9.17) is 0 Å². The highest BCUT2D eigenvalue weighted by molar-refractivity contribution is 7.23. The summed E-state index contributed by atoms with van der Waals surface area (Å²) < 4.78 is 0. The van der Waals surface area contributed by atoms with Gasteiger partial charge in [-0.2, -0.15) is 0 Å². The maximum atomic E-state index is 3.88. The Bertz CT molecular complexity index is 308. The van der Waals surface area contributed by atoms with E-state index < -0.39 is 0 Å². The fourth-order valence-corrected chi connectivity index (χ4v) is 1.41. The first-order valence-electron chi connectivity index (χ1n) is 4.01. The molecule has 0 bridgehead atoms. The van der Waals surface area contributed by atoms with Gasteiger partial charge in [-0.05, 0) is 30.7 Å². The van der Waals surface area contributed by atoms with Crippen molar-refractivity contribution in [2.45, 2.75) is 19.8 Å². The average Bonchev–Trinajstić information content (AvgIpc) is 2.06. The molecule has 0 amide bonds. The van der Waals surface area contributed by atoms with Gasteiger partial charge in [0.1, 0.15) is 0 Å². The molecule has 1 heteroatoms. The van der Waals surface area contributed by atoms with Crippen LogP contribution in [0.4, 0.5) is 0 Å². The molecule has 0 saturated carbocycles. The van der Waals surface area contributed by atoms with Gasteiger partial charge in [-0.3, -0.25) is 0 Å². The fourth-order valence-electron chi connectivity index (χ4n) is 1.17. The molecular formula is C11H13P. The second-order valence-electron chi connectivity index (χ2n) is 2.78. The first-order chi connectivity index (χ1) is 5.74. The van der Waals surface area contributed by atoms with Crippen LogP contribution in [0.25, 0.3) is 0 Å². The molecule has 0 aromatic rings. The molecular weight excluding hydrogens is 163 g/mol. The van der Waals surface area contributed by atoms with Gasteiger partial charge in [0.15, 0.2) is 0 Å². The molecule has 0 spiro atoms. The molecule has 0 radical (unpaired) electrons. The maximum Gasteiger partial charge on any atom is 0.00235 e. The van der Waals surface area contributed by atoms with Crippen LogP contribution in [0, 0.1) is 11.8 Å². The van der Waals surface area contributed by atoms with Crippen LogP contribution in [0.15, 0.2) is 35.2 Å². The highest BCUT2D eigenvalue weighted by Gasteiger charge is 2.04. The molecule has 0 N–H and O–H groups in total. The Hall–Kier alpha value is -0.790. The molecule has 0 heterocycles. The molecule has 1 atom stereocenters. The van der Waals surface area contributed by atoms with Crippen molar-refractivity contribution >= 4 is 9.24 Å². The molecule has 0 aromatic carbocycles. The molecule has 1 aliphatic rings. The summed E-state index contributed by atoms with van der Waals surface area (Å²) in [6.45, 7) is 5.75. The average molecular weight is 176 g/mol. The zero-order valence-corrected chi connectivity index (χ0v) is 8.51. The third-order valence-corrected chi connectivity index (χ3v) is 2.22. The summed E-state index contributed by atoms with van der Waals surface area (Å²) in [5.74, 6) is 5.98. The van der Waals surface area contributed by atoms with E-state index in [2.05, 4.69) is 39.8 Å². The molecule has 0 nitrogen and oxygen atoms in total. The monoisotopic (exact) mass is 176 g/mol. The van der Waals surface area contributed by atoms with E-state index in [1.165, 1.54) is 11.1 Å². The van der Waals surface area contributed by atoms with Gasteiger partial charge in [-0.25, -0.2) is 0 Å². The van der Waals surface area contributed by atoms with Crippen molar-refractivity contribution in [3.8, 4) is 11.8 Å². The first kappa shape index (κ1) is 9.30. The van der Waals surface area contributed by atoms with E-state index in [1.807, 2.05) is 6.92 Å². The van der Waals surface area contributed by atoms with Crippen LogP contribution in [0.2, 0.25) is 0 Å². The SMILES string of the molecule is C=C(P)C1=CC=C(C#CC)CC1. The molecule has 0 fully saturated rings. The second kappa shape index (κ2) is 4.29. The Balaban J connectivity index is 2.77. The normalized spacial score (nSPS) is 15.5. The highest BCUT2D eigenvalue weighted by atomic mass is 31.0. The summed E-state index contributed by atoms with van der Waals surface area (Å²) in [4.78, 5) is 0. The molecule has 1 aliphatic carbocycles. The molecule has 0 saturated heterocycles. The van der Waals surface area contributed by atoms with Gasteiger partial charge in [0.2, 0.25) is 0 Å². The number of hydrogen-bond donors (Lipinski definition) is 0. The molecule has 1 rings (SSSR count). The molecule has 12 heavy (non-hydrogen) atoms. The minimum absolute atomic E-state index is 1.06. The maximum absolute atomic E-state index is 3.88. The van der Waals surface area contributed by atoms with Crippen molar-refractivity contribution in [2.24, 2.45) is 0 Å².